The van der Waals surface area contributed by atoms with Crippen molar-refractivity contribution in [2.75, 3.05) is 0 Å². The second-order valence-electron chi connectivity index (χ2n) is 4.95. The van der Waals surface area contributed by atoms with Gasteiger partial charge in [-0.3, -0.25) is 0 Å². The van der Waals surface area contributed by atoms with Crippen molar-refractivity contribution < 1.29 is 14.7 Å². The Bertz CT molecular complexity index is 474. The van der Waals surface area contributed by atoms with Crippen LogP contribution >= 0.6 is 15.9 Å². The summed E-state index contributed by atoms with van der Waals surface area (Å²) < 4.78 is 0.962. The van der Waals surface area contributed by atoms with Crippen LogP contribution in [-0.4, -0.2) is 23.1 Å². The molecule has 0 aliphatic heterocycles. The zero-order chi connectivity index (χ0) is 15.3. The highest BCUT2D eigenvalue weighted by Gasteiger charge is 2.23. The van der Waals surface area contributed by atoms with E-state index >= 15 is 0 Å². The number of benzene rings is 1. The smallest absolute Gasteiger partial charge is 0.326 e. The van der Waals surface area contributed by atoms with Crippen molar-refractivity contribution in [2.24, 2.45) is 5.92 Å². The SMILES string of the molecule is CC(NC(=O)NC(C(=O)O)C(C)C)c1ccc(Br)cc1. The summed E-state index contributed by atoms with van der Waals surface area (Å²) in [6.45, 7) is 5.34. The van der Waals surface area contributed by atoms with Crippen LogP contribution in [0.25, 0.3) is 0 Å². The van der Waals surface area contributed by atoms with E-state index in [1.807, 2.05) is 31.2 Å². The van der Waals surface area contributed by atoms with Crippen LogP contribution in [-0.2, 0) is 4.79 Å². The normalized spacial score (nSPS) is 13.7. The first-order valence-corrected chi connectivity index (χ1v) is 7.16. The van der Waals surface area contributed by atoms with E-state index in [-0.39, 0.29) is 12.0 Å². The standard InChI is InChI=1S/C14H19BrN2O3/c1-8(2)12(13(18)19)17-14(20)16-9(3)10-4-6-11(15)7-5-10/h4-9,12H,1-3H3,(H,18,19)(H2,16,17,20). The van der Waals surface area contributed by atoms with Crippen LogP contribution in [0.2, 0.25) is 0 Å². The molecule has 1 aromatic rings. The van der Waals surface area contributed by atoms with E-state index in [1.165, 1.54) is 0 Å². The molecule has 0 aromatic heterocycles. The number of hydrogen-bond acceptors (Lipinski definition) is 2. The van der Waals surface area contributed by atoms with Gasteiger partial charge in [0.25, 0.3) is 0 Å². The highest BCUT2D eigenvalue weighted by molar-refractivity contribution is 9.10. The fourth-order valence-electron chi connectivity index (χ4n) is 1.73. The van der Waals surface area contributed by atoms with Crippen molar-refractivity contribution in [3.8, 4) is 0 Å². The molecule has 1 rings (SSSR count). The highest BCUT2D eigenvalue weighted by atomic mass is 79.9. The van der Waals surface area contributed by atoms with Crippen molar-refractivity contribution in [2.45, 2.75) is 32.9 Å². The van der Waals surface area contributed by atoms with Gasteiger partial charge in [-0.05, 0) is 30.5 Å². The molecule has 0 spiro atoms. The molecule has 0 heterocycles. The molecule has 0 bridgehead atoms. The molecule has 1 aromatic carbocycles. The van der Waals surface area contributed by atoms with E-state index in [1.54, 1.807) is 13.8 Å². The lowest BCUT2D eigenvalue weighted by Gasteiger charge is -2.20. The Morgan fingerprint density at radius 2 is 1.65 bits per heavy atom. The van der Waals surface area contributed by atoms with Gasteiger partial charge < -0.3 is 15.7 Å². The lowest BCUT2D eigenvalue weighted by molar-refractivity contribution is -0.140. The minimum Gasteiger partial charge on any atom is -0.480 e. The van der Waals surface area contributed by atoms with Crippen molar-refractivity contribution >= 4 is 27.9 Å². The number of aliphatic carboxylic acids is 1. The molecule has 0 fully saturated rings. The van der Waals surface area contributed by atoms with Gasteiger partial charge in [0.2, 0.25) is 0 Å². The third-order valence-corrected chi connectivity index (χ3v) is 3.47. The third kappa shape index (κ3) is 4.85. The van der Waals surface area contributed by atoms with Gasteiger partial charge in [-0.25, -0.2) is 9.59 Å². The first kappa shape index (κ1) is 16.5. The van der Waals surface area contributed by atoms with E-state index in [2.05, 4.69) is 26.6 Å². The third-order valence-electron chi connectivity index (χ3n) is 2.94. The first-order chi connectivity index (χ1) is 9.31. The van der Waals surface area contributed by atoms with Gasteiger partial charge in [0, 0.05) is 4.47 Å². The zero-order valence-electron chi connectivity index (χ0n) is 11.7. The minimum atomic E-state index is -1.04. The molecule has 0 saturated heterocycles. The van der Waals surface area contributed by atoms with Gasteiger partial charge in [-0.1, -0.05) is 41.9 Å². The Morgan fingerprint density at radius 1 is 1.10 bits per heavy atom. The molecule has 5 nitrogen and oxygen atoms in total. The number of hydrogen-bond donors (Lipinski definition) is 3. The Morgan fingerprint density at radius 3 is 2.10 bits per heavy atom. The van der Waals surface area contributed by atoms with E-state index in [0.29, 0.717) is 0 Å². The molecule has 2 amide bonds. The van der Waals surface area contributed by atoms with Gasteiger partial charge in [-0.15, -0.1) is 0 Å². The minimum absolute atomic E-state index is 0.179. The Balaban J connectivity index is 2.61. The van der Waals surface area contributed by atoms with Crippen molar-refractivity contribution in [3.63, 3.8) is 0 Å². The molecule has 20 heavy (non-hydrogen) atoms. The maximum atomic E-state index is 11.8. The number of rotatable bonds is 5. The molecule has 3 N–H and O–H groups in total. The average Bonchev–Trinajstić information content (AvgIpc) is 2.35. The van der Waals surface area contributed by atoms with Crippen LogP contribution < -0.4 is 10.6 Å². The zero-order valence-corrected chi connectivity index (χ0v) is 13.3. The molecular weight excluding hydrogens is 324 g/mol. The number of carboxylic acids is 1. The number of carbonyl (C=O) groups is 2. The van der Waals surface area contributed by atoms with Crippen LogP contribution in [0, 0.1) is 5.92 Å². The summed E-state index contributed by atoms with van der Waals surface area (Å²) in [7, 11) is 0. The van der Waals surface area contributed by atoms with Gasteiger partial charge in [-0.2, -0.15) is 0 Å². The van der Waals surface area contributed by atoms with E-state index in [4.69, 9.17) is 5.11 Å². The fourth-order valence-corrected chi connectivity index (χ4v) is 1.99. The van der Waals surface area contributed by atoms with E-state index in [9.17, 15) is 9.59 Å². The Labute approximate surface area is 126 Å². The summed E-state index contributed by atoms with van der Waals surface area (Å²) in [5.74, 6) is -1.22. The van der Waals surface area contributed by atoms with Gasteiger partial charge in [0.05, 0.1) is 6.04 Å². The number of halogens is 1. The van der Waals surface area contributed by atoms with Gasteiger partial charge in [0.15, 0.2) is 0 Å². The molecule has 0 saturated carbocycles. The summed E-state index contributed by atoms with van der Waals surface area (Å²) in [6.07, 6.45) is 0. The second kappa shape index (κ2) is 7.28. The summed E-state index contributed by atoms with van der Waals surface area (Å²) in [6, 6.07) is 5.98. The van der Waals surface area contributed by atoms with Crippen molar-refractivity contribution in [1.82, 2.24) is 10.6 Å². The molecule has 2 unspecified atom stereocenters. The summed E-state index contributed by atoms with van der Waals surface area (Å²) in [4.78, 5) is 22.8. The number of carboxylic acid groups (broad SMARTS) is 1. The summed E-state index contributed by atoms with van der Waals surface area (Å²) in [5, 5.41) is 14.2. The summed E-state index contributed by atoms with van der Waals surface area (Å²) >= 11 is 3.35. The Kier molecular flexibility index (Phi) is 6.01. The van der Waals surface area contributed by atoms with Crippen molar-refractivity contribution in [3.05, 3.63) is 34.3 Å². The van der Waals surface area contributed by atoms with Crippen LogP contribution in [0.5, 0.6) is 0 Å². The van der Waals surface area contributed by atoms with E-state index < -0.39 is 18.0 Å². The topological polar surface area (TPSA) is 78.4 Å². The van der Waals surface area contributed by atoms with Gasteiger partial charge >= 0.3 is 12.0 Å². The lowest BCUT2D eigenvalue weighted by atomic mass is 10.1. The number of urea groups is 1. The maximum absolute atomic E-state index is 11.8. The summed E-state index contributed by atoms with van der Waals surface area (Å²) in [5.41, 5.74) is 0.944. The predicted octanol–water partition coefficient (Wildman–Crippen LogP) is 2.92. The number of carbonyl (C=O) groups excluding carboxylic acids is 1. The van der Waals surface area contributed by atoms with Crippen molar-refractivity contribution in [1.29, 1.82) is 0 Å². The van der Waals surface area contributed by atoms with Crippen LogP contribution in [0.4, 0.5) is 4.79 Å². The first-order valence-electron chi connectivity index (χ1n) is 6.36. The molecule has 2 atom stereocenters. The average molecular weight is 343 g/mol. The maximum Gasteiger partial charge on any atom is 0.326 e. The van der Waals surface area contributed by atoms with Crippen LogP contribution in [0.15, 0.2) is 28.7 Å². The predicted molar refractivity (Wildman–Crippen MR) is 80.5 cm³/mol. The number of amides is 2. The lowest BCUT2D eigenvalue weighted by Crippen LogP contribution is -2.49. The molecule has 6 heteroatoms. The second-order valence-corrected chi connectivity index (χ2v) is 5.87. The highest BCUT2D eigenvalue weighted by Crippen LogP contribution is 2.16. The fraction of sp³-hybridized carbons (Fsp3) is 0.429. The molecule has 0 aliphatic carbocycles. The Hall–Kier alpha value is -1.56. The molecular formula is C14H19BrN2O3. The quantitative estimate of drug-likeness (QED) is 0.769. The number of nitrogens with one attached hydrogen (secondary N) is 2. The van der Waals surface area contributed by atoms with Crippen LogP contribution in [0.3, 0.4) is 0 Å². The van der Waals surface area contributed by atoms with Gasteiger partial charge in [0.1, 0.15) is 6.04 Å². The largest absolute Gasteiger partial charge is 0.480 e. The van der Waals surface area contributed by atoms with E-state index in [0.717, 1.165) is 10.0 Å². The molecule has 0 aliphatic rings. The monoisotopic (exact) mass is 342 g/mol. The molecule has 0 radical (unpaired) electrons. The van der Waals surface area contributed by atoms with Crippen LogP contribution in [0.1, 0.15) is 32.4 Å². The molecule has 110 valence electrons.